The van der Waals surface area contributed by atoms with E-state index in [-0.39, 0.29) is 6.42 Å². The molecule has 8 nitrogen and oxygen atoms in total. The highest BCUT2D eigenvalue weighted by molar-refractivity contribution is 5.89. The average molecular weight is 290 g/mol. The van der Waals surface area contributed by atoms with Gasteiger partial charge < -0.3 is 29.2 Å². The van der Waals surface area contributed by atoms with Gasteiger partial charge >= 0.3 is 11.9 Å². The molecule has 20 heavy (non-hydrogen) atoms. The zero-order valence-electron chi connectivity index (χ0n) is 11.4. The average Bonchev–Trinajstić information content (AvgIpc) is 2.94. The van der Waals surface area contributed by atoms with Gasteiger partial charge in [-0.1, -0.05) is 0 Å². The van der Waals surface area contributed by atoms with E-state index in [0.29, 0.717) is 0 Å². The van der Waals surface area contributed by atoms with Gasteiger partial charge in [0.15, 0.2) is 6.10 Å². The molecular formula is C12H18O8. The molecule has 2 N–H and O–H groups in total. The highest BCUT2D eigenvalue weighted by atomic mass is 16.6. The standard InChI is InChI=1S/C12H18O8/c1-5-7(13)8-6(19-5)4-12(20-8,11(16)18-3)9(14)10(15)17-2/h5-9,13-14H,4H2,1-3H3/t5-,6+,7?,8-,9-,12?/m0/s1. The Balaban J connectivity index is 2.29. The summed E-state index contributed by atoms with van der Waals surface area (Å²) in [5, 5.41) is 20.0. The Bertz CT molecular complexity index is 410. The molecule has 0 bridgehead atoms. The molecule has 2 rings (SSSR count). The third kappa shape index (κ3) is 2.08. The van der Waals surface area contributed by atoms with Crippen LogP contribution in [0.25, 0.3) is 0 Å². The van der Waals surface area contributed by atoms with Gasteiger partial charge in [0.2, 0.25) is 5.60 Å². The molecule has 2 saturated heterocycles. The molecule has 0 radical (unpaired) electrons. The Hall–Kier alpha value is -1.22. The van der Waals surface area contributed by atoms with E-state index in [1.807, 2.05) is 0 Å². The second-order valence-electron chi connectivity index (χ2n) is 4.96. The predicted molar refractivity (Wildman–Crippen MR) is 62.6 cm³/mol. The summed E-state index contributed by atoms with van der Waals surface area (Å²) in [6, 6.07) is 0. The van der Waals surface area contributed by atoms with E-state index in [1.165, 1.54) is 0 Å². The van der Waals surface area contributed by atoms with Crippen molar-refractivity contribution < 1.29 is 38.7 Å². The lowest BCUT2D eigenvalue weighted by Gasteiger charge is -2.30. The second kappa shape index (κ2) is 5.28. The van der Waals surface area contributed by atoms with Gasteiger partial charge in [-0.3, -0.25) is 0 Å². The van der Waals surface area contributed by atoms with Crippen molar-refractivity contribution >= 4 is 11.9 Å². The zero-order chi connectivity index (χ0) is 15.1. The molecule has 0 aliphatic carbocycles. The van der Waals surface area contributed by atoms with Crippen LogP contribution in [-0.2, 0) is 28.5 Å². The number of carbonyl (C=O) groups is 2. The molecule has 0 saturated carbocycles. The van der Waals surface area contributed by atoms with Crippen LogP contribution in [0, 0.1) is 0 Å². The first-order valence-corrected chi connectivity index (χ1v) is 6.23. The van der Waals surface area contributed by atoms with Crippen LogP contribution >= 0.6 is 0 Å². The van der Waals surface area contributed by atoms with Crippen LogP contribution in [-0.4, -0.2) is 72.5 Å². The molecule has 2 aliphatic rings. The van der Waals surface area contributed by atoms with Gasteiger partial charge in [0, 0.05) is 6.42 Å². The molecular weight excluding hydrogens is 272 g/mol. The highest BCUT2D eigenvalue weighted by Gasteiger charge is 2.64. The quantitative estimate of drug-likeness (QED) is 0.596. The summed E-state index contributed by atoms with van der Waals surface area (Å²) in [4.78, 5) is 23.5. The molecule has 0 aromatic carbocycles. The van der Waals surface area contributed by atoms with Crippen molar-refractivity contribution in [1.82, 2.24) is 0 Å². The first-order valence-electron chi connectivity index (χ1n) is 6.23. The van der Waals surface area contributed by atoms with Crippen molar-refractivity contribution in [3.05, 3.63) is 0 Å². The second-order valence-corrected chi connectivity index (χ2v) is 4.96. The van der Waals surface area contributed by atoms with Gasteiger partial charge in [0.25, 0.3) is 0 Å². The third-order valence-electron chi connectivity index (χ3n) is 3.82. The SMILES string of the molecule is COC(=O)[C@H](O)C1(C(=O)OC)C[C@H]2O[C@@H](C)C(O)[C@H]2O1. The Kier molecular flexibility index (Phi) is 4.01. The van der Waals surface area contributed by atoms with Crippen LogP contribution in [0.4, 0.5) is 0 Å². The first-order chi connectivity index (χ1) is 9.37. The van der Waals surface area contributed by atoms with Crippen LogP contribution in [0.3, 0.4) is 0 Å². The molecule has 8 heteroatoms. The molecule has 2 unspecified atom stereocenters. The van der Waals surface area contributed by atoms with E-state index in [2.05, 4.69) is 9.47 Å². The van der Waals surface area contributed by atoms with Gasteiger partial charge in [-0.05, 0) is 6.92 Å². The van der Waals surface area contributed by atoms with Crippen LogP contribution in [0.1, 0.15) is 13.3 Å². The van der Waals surface area contributed by atoms with Crippen LogP contribution < -0.4 is 0 Å². The number of aliphatic hydroxyl groups is 2. The smallest absolute Gasteiger partial charge is 0.341 e. The van der Waals surface area contributed by atoms with Crippen LogP contribution in [0.5, 0.6) is 0 Å². The number of aliphatic hydroxyl groups excluding tert-OH is 2. The molecule has 6 atom stereocenters. The van der Waals surface area contributed by atoms with Gasteiger partial charge in [-0.2, -0.15) is 0 Å². The van der Waals surface area contributed by atoms with Crippen LogP contribution in [0.2, 0.25) is 0 Å². The summed E-state index contributed by atoms with van der Waals surface area (Å²) >= 11 is 0. The molecule has 2 aliphatic heterocycles. The largest absolute Gasteiger partial charge is 0.467 e. The third-order valence-corrected chi connectivity index (χ3v) is 3.82. The Labute approximate surface area is 115 Å². The summed E-state index contributed by atoms with van der Waals surface area (Å²) in [5.74, 6) is -1.92. The lowest BCUT2D eigenvalue weighted by Crippen LogP contribution is -2.55. The number of fused-ring (bicyclic) bond motifs is 1. The van der Waals surface area contributed by atoms with Gasteiger partial charge in [-0.15, -0.1) is 0 Å². The minimum absolute atomic E-state index is 0.0952. The first kappa shape index (κ1) is 15.2. The summed E-state index contributed by atoms with van der Waals surface area (Å²) in [6.07, 6.45) is -4.74. The van der Waals surface area contributed by atoms with Crippen molar-refractivity contribution in [3.8, 4) is 0 Å². The van der Waals surface area contributed by atoms with E-state index >= 15 is 0 Å². The van der Waals surface area contributed by atoms with Crippen molar-refractivity contribution in [2.75, 3.05) is 14.2 Å². The fourth-order valence-electron chi connectivity index (χ4n) is 2.71. The van der Waals surface area contributed by atoms with E-state index in [1.54, 1.807) is 6.92 Å². The number of esters is 2. The maximum atomic E-state index is 12.0. The Morgan fingerprint density at radius 1 is 1.35 bits per heavy atom. The van der Waals surface area contributed by atoms with Crippen molar-refractivity contribution in [2.24, 2.45) is 0 Å². The number of carbonyl (C=O) groups excluding carboxylic acids is 2. The number of methoxy groups -OCH3 is 2. The molecule has 114 valence electrons. The maximum absolute atomic E-state index is 12.0. The number of ether oxygens (including phenoxy) is 4. The lowest BCUT2D eigenvalue weighted by atomic mass is 9.91. The van der Waals surface area contributed by atoms with Crippen molar-refractivity contribution in [2.45, 2.75) is 49.5 Å². The summed E-state index contributed by atoms with van der Waals surface area (Å²) in [6.45, 7) is 1.67. The van der Waals surface area contributed by atoms with E-state index < -0.39 is 48.1 Å². The summed E-state index contributed by atoms with van der Waals surface area (Å²) < 4.78 is 20.0. The molecule has 0 aromatic rings. The fourth-order valence-corrected chi connectivity index (χ4v) is 2.71. The normalized spacial score (nSPS) is 41.0. The molecule has 2 heterocycles. The van der Waals surface area contributed by atoms with E-state index in [9.17, 15) is 19.8 Å². The molecule has 2 fully saturated rings. The van der Waals surface area contributed by atoms with E-state index in [4.69, 9.17) is 9.47 Å². The topological polar surface area (TPSA) is 112 Å². The fraction of sp³-hybridized carbons (Fsp3) is 0.833. The summed E-state index contributed by atoms with van der Waals surface area (Å²) in [7, 11) is 2.20. The number of rotatable bonds is 3. The zero-order valence-corrected chi connectivity index (χ0v) is 11.4. The lowest BCUT2D eigenvalue weighted by molar-refractivity contribution is -0.199. The van der Waals surface area contributed by atoms with Gasteiger partial charge in [-0.25, -0.2) is 9.59 Å². The van der Waals surface area contributed by atoms with E-state index in [0.717, 1.165) is 14.2 Å². The van der Waals surface area contributed by atoms with Crippen molar-refractivity contribution in [1.29, 1.82) is 0 Å². The Morgan fingerprint density at radius 3 is 2.50 bits per heavy atom. The predicted octanol–water partition coefficient (Wildman–Crippen LogP) is -1.63. The number of hydrogen-bond donors (Lipinski definition) is 2. The van der Waals surface area contributed by atoms with Crippen molar-refractivity contribution in [3.63, 3.8) is 0 Å². The van der Waals surface area contributed by atoms with Crippen LogP contribution in [0.15, 0.2) is 0 Å². The maximum Gasteiger partial charge on any atom is 0.341 e. The molecule has 0 aromatic heterocycles. The van der Waals surface area contributed by atoms with Gasteiger partial charge in [0.05, 0.1) is 26.4 Å². The minimum atomic E-state index is -1.92. The minimum Gasteiger partial charge on any atom is -0.467 e. The molecule has 0 spiro atoms. The number of hydrogen-bond acceptors (Lipinski definition) is 8. The van der Waals surface area contributed by atoms with Gasteiger partial charge in [0.1, 0.15) is 12.2 Å². The Morgan fingerprint density at radius 2 is 2.00 bits per heavy atom. The monoisotopic (exact) mass is 290 g/mol. The summed E-state index contributed by atoms with van der Waals surface area (Å²) in [5.41, 5.74) is -1.92. The highest BCUT2D eigenvalue weighted by Crippen LogP contribution is 2.42. The molecule has 0 amide bonds.